The molecule has 0 atom stereocenters. The Kier molecular flexibility index (Phi) is 6.09. The highest BCUT2D eigenvalue weighted by Crippen LogP contribution is 1.94. The second-order valence-corrected chi connectivity index (χ2v) is 3.70. The van der Waals surface area contributed by atoms with Crippen molar-refractivity contribution in [1.29, 1.82) is 0 Å². The van der Waals surface area contributed by atoms with Crippen LogP contribution in [-0.2, 0) is 0 Å². The Hall–Kier alpha value is -0.400. The van der Waals surface area contributed by atoms with E-state index >= 15 is 0 Å². The third-order valence-corrected chi connectivity index (χ3v) is 1.26. The van der Waals surface area contributed by atoms with E-state index < -0.39 is 0 Å². The van der Waals surface area contributed by atoms with Crippen molar-refractivity contribution < 1.29 is 0 Å². The largest absolute Gasteiger partial charge is 0.358 e. The van der Waals surface area contributed by atoms with Crippen LogP contribution in [0.5, 0.6) is 0 Å². The van der Waals surface area contributed by atoms with Crippen LogP contribution in [-0.4, -0.2) is 20.8 Å². The molecule has 0 aromatic carbocycles. The molecule has 0 radical (unpaired) electrons. The molecule has 4 heteroatoms. The van der Waals surface area contributed by atoms with Crippen molar-refractivity contribution in [3.8, 4) is 0 Å². The Labute approximate surface area is 71.3 Å². The van der Waals surface area contributed by atoms with Gasteiger partial charge in [-0.15, -0.1) is 0 Å². The molecule has 0 aliphatic carbocycles. The third-order valence-electron chi connectivity index (χ3n) is 1.26. The van der Waals surface area contributed by atoms with E-state index in [-0.39, 0.29) is 0 Å². The van der Waals surface area contributed by atoms with Crippen LogP contribution in [0.15, 0.2) is 5.10 Å². The molecule has 0 saturated carbocycles. The zero-order valence-corrected chi connectivity index (χ0v) is 8.09. The average Bonchev–Trinajstić information content (AvgIpc) is 1.85. The van der Waals surface area contributed by atoms with Crippen LogP contribution in [0, 0.1) is 0 Å². The quantitative estimate of drug-likeness (QED) is 0.354. The van der Waals surface area contributed by atoms with Gasteiger partial charge < -0.3 is 5.34 Å². The summed E-state index contributed by atoms with van der Waals surface area (Å²) in [6, 6.07) is 0. The predicted molar refractivity (Wildman–Crippen MR) is 56.1 cm³/mol. The van der Waals surface area contributed by atoms with Crippen LogP contribution in [0.1, 0.15) is 27.7 Å². The second-order valence-electron chi connectivity index (χ2n) is 3.70. The maximum atomic E-state index is 4.08. The first-order valence-corrected chi connectivity index (χ1v) is 4.37. The predicted octanol–water partition coefficient (Wildman–Crippen LogP) is 0.964. The van der Waals surface area contributed by atoms with Crippen molar-refractivity contribution in [2.75, 3.05) is 0 Å². The summed E-state index contributed by atoms with van der Waals surface area (Å²) in [6.45, 7) is 8.72. The smallest absolute Gasteiger partial charge is 0.257 e. The van der Waals surface area contributed by atoms with Crippen LogP contribution < -0.4 is 5.34 Å². The molecule has 0 aromatic rings. The fourth-order valence-electron chi connectivity index (χ4n) is 0.563. The summed E-state index contributed by atoms with van der Waals surface area (Å²) in [4.78, 5) is 0. The van der Waals surface area contributed by atoms with Crippen molar-refractivity contribution in [3.63, 3.8) is 0 Å². The SMILES string of the molecule is CC(C)B/C=N/NBC(C)C. The number of hydrogen-bond acceptors (Lipinski definition) is 2. The molecule has 11 heavy (non-hydrogen) atoms. The van der Waals surface area contributed by atoms with E-state index in [9.17, 15) is 0 Å². The molecule has 0 unspecified atom stereocenters. The van der Waals surface area contributed by atoms with Crippen molar-refractivity contribution in [2.45, 2.75) is 39.3 Å². The number of nitrogens with one attached hydrogen (secondary N) is 1. The minimum absolute atomic E-state index is 0.672. The summed E-state index contributed by atoms with van der Waals surface area (Å²) in [6.07, 6.45) is 1.95. The van der Waals surface area contributed by atoms with Gasteiger partial charge in [-0.25, -0.2) is 5.10 Å². The van der Waals surface area contributed by atoms with Gasteiger partial charge in [-0.2, -0.15) is 0 Å². The number of nitrogens with zero attached hydrogens (tertiary/aromatic N) is 1. The van der Waals surface area contributed by atoms with Crippen LogP contribution >= 0.6 is 0 Å². The Bertz CT molecular complexity index is 113. The molecule has 0 fully saturated rings. The van der Waals surface area contributed by atoms with Gasteiger partial charge in [0.2, 0.25) is 0 Å². The monoisotopic (exact) mass is 152 g/mol. The summed E-state index contributed by atoms with van der Waals surface area (Å²) in [5.41, 5.74) is 0. The summed E-state index contributed by atoms with van der Waals surface area (Å²) >= 11 is 0. The number of rotatable bonds is 5. The highest BCUT2D eigenvalue weighted by molar-refractivity contribution is 6.69. The lowest BCUT2D eigenvalue weighted by molar-refractivity contribution is 0.978. The van der Waals surface area contributed by atoms with Crippen LogP contribution in [0.2, 0.25) is 11.6 Å². The Morgan fingerprint density at radius 2 is 1.82 bits per heavy atom. The highest BCUT2D eigenvalue weighted by Gasteiger charge is 1.94. The lowest BCUT2D eigenvalue weighted by Gasteiger charge is -2.00. The van der Waals surface area contributed by atoms with E-state index in [4.69, 9.17) is 0 Å². The van der Waals surface area contributed by atoms with E-state index in [0.717, 1.165) is 14.7 Å². The normalized spacial score (nSPS) is 11.1. The van der Waals surface area contributed by atoms with Gasteiger partial charge in [0.1, 0.15) is 0 Å². The highest BCUT2D eigenvalue weighted by atomic mass is 15.2. The standard InChI is InChI=1S/C7H18B2N2/c1-6(2)8-5-10-11-9-7(3)4/h5-9,11H,1-4H3/b10-5+. The first-order chi connectivity index (χ1) is 5.13. The maximum absolute atomic E-state index is 4.08. The second kappa shape index (κ2) is 6.32. The minimum atomic E-state index is 0.672. The molecule has 0 saturated heterocycles. The van der Waals surface area contributed by atoms with Crippen molar-refractivity contribution in [1.82, 2.24) is 5.34 Å². The van der Waals surface area contributed by atoms with Gasteiger partial charge in [-0.1, -0.05) is 33.5 Å². The summed E-state index contributed by atoms with van der Waals surface area (Å²) in [5, 5.41) is 7.09. The zero-order chi connectivity index (χ0) is 8.69. The number of hydrogen-bond donors (Lipinski definition) is 1. The Balaban J connectivity index is 3.17. The molecule has 1 N–H and O–H groups in total. The molecule has 0 bridgehead atoms. The van der Waals surface area contributed by atoms with Crippen molar-refractivity contribution >= 4 is 20.8 Å². The molecule has 0 aliphatic rings. The molecule has 0 aromatic heterocycles. The summed E-state index contributed by atoms with van der Waals surface area (Å²) in [7, 11) is 2.03. The zero-order valence-electron chi connectivity index (χ0n) is 8.09. The molecule has 0 rings (SSSR count). The Morgan fingerprint density at radius 3 is 2.27 bits per heavy atom. The molecular formula is C7H18B2N2. The van der Waals surface area contributed by atoms with E-state index in [1.165, 1.54) is 0 Å². The van der Waals surface area contributed by atoms with Crippen molar-refractivity contribution in [3.05, 3.63) is 0 Å². The lowest BCUT2D eigenvalue weighted by Crippen LogP contribution is -2.16. The molecule has 2 nitrogen and oxygen atoms in total. The van der Waals surface area contributed by atoms with Crippen LogP contribution in [0.4, 0.5) is 0 Å². The third kappa shape index (κ3) is 9.60. The first kappa shape index (κ1) is 10.6. The van der Waals surface area contributed by atoms with Gasteiger partial charge in [0.05, 0.1) is 0 Å². The fraction of sp³-hybridized carbons (Fsp3) is 0.857. The van der Waals surface area contributed by atoms with Gasteiger partial charge >= 0.3 is 0 Å². The summed E-state index contributed by atoms with van der Waals surface area (Å²) < 4.78 is 0. The van der Waals surface area contributed by atoms with Gasteiger partial charge in [-0.3, -0.25) is 0 Å². The molecule has 0 aliphatic heterocycles. The molecule has 0 spiro atoms. The van der Waals surface area contributed by atoms with Crippen molar-refractivity contribution in [2.24, 2.45) is 5.10 Å². The van der Waals surface area contributed by atoms with Gasteiger partial charge in [0.25, 0.3) is 7.41 Å². The van der Waals surface area contributed by atoms with Gasteiger partial charge in [-0.05, 0) is 11.9 Å². The summed E-state index contributed by atoms with van der Waals surface area (Å²) in [5.74, 6) is 1.38. The van der Waals surface area contributed by atoms with E-state index in [2.05, 4.69) is 38.1 Å². The fourth-order valence-corrected chi connectivity index (χ4v) is 0.563. The van der Waals surface area contributed by atoms with E-state index in [1.807, 2.05) is 6.11 Å². The molecule has 0 amide bonds. The molecular weight excluding hydrogens is 134 g/mol. The van der Waals surface area contributed by atoms with Crippen LogP contribution in [0.3, 0.4) is 0 Å². The maximum Gasteiger partial charge on any atom is 0.257 e. The van der Waals surface area contributed by atoms with E-state index in [1.54, 1.807) is 0 Å². The topological polar surface area (TPSA) is 24.4 Å². The van der Waals surface area contributed by atoms with Gasteiger partial charge in [0, 0.05) is 0 Å². The average molecular weight is 152 g/mol. The number of hydrazone groups is 1. The lowest BCUT2D eigenvalue weighted by atomic mass is 9.68. The molecule has 0 heterocycles. The minimum Gasteiger partial charge on any atom is -0.358 e. The van der Waals surface area contributed by atoms with E-state index in [0.29, 0.717) is 11.6 Å². The Morgan fingerprint density at radius 1 is 1.18 bits per heavy atom. The van der Waals surface area contributed by atoms with Gasteiger partial charge in [0.15, 0.2) is 7.28 Å². The first-order valence-electron chi connectivity index (χ1n) is 4.37. The van der Waals surface area contributed by atoms with Crippen LogP contribution in [0.25, 0.3) is 0 Å². The molecule has 62 valence electrons.